The zero-order valence-electron chi connectivity index (χ0n) is 4.39. The molecule has 3 heteroatoms. The number of esters is 1. The molecule has 0 aromatic carbocycles. The summed E-state index contributed by atoms with van der Waals surface area (Å²) in [5, 5.41) is -0.385. The smallest absolute Gasteiger partial charge is 0.324 e. The van der Waals surface area contributed by atoms with Crippen LogP contribution in [-0.4, -0.2) is 18.0 Å². The van der Waals surface area contributed by atoms with Crippen LogP contribution in [-0.2, 0) is 9.53 Å². The van der Waals surface area contributed by atoms with E-state index in [0.29, 0.717) is 6.61 Å². The highest BCUT2D eigenvalue weighted by Crippen LogP contribution is 2.12. The number of alkyl halides is 1. The maximum Gasteiger partial charge on any atom is 0.324 e. The second kappa shape index (κ2) is 2.35. The third-order valence-electron chi connectivity index (χ3n) is 1.10. The molecular formula is C5H7ClO2. The lowest BCUT2D eigenvalue weighted by Gasteiger charge is -2.14. The van der Waals surface area contributed by atoms with Gasteiger partial charge in [-0.1, -0.05) is 0 Å². The van der Waals surface area contributed by atoms with E-state index in [-0.39, 0.29) is 11.3 Å². The van der Waals surface area contributed by atoms with Gasteiger partial charge in [0.05, 0.1) is 6.61 Å². The van der Waals surface area contributed by atoms with E-state index < -0.39 is 0 Å². The van der Waals surface area contributed by atoms with Crippen molar-refractivity contribution in [2.75, 3.05) is 6.61 Å². The second-order valence-electron chi connectivity index (χ2n) is 1.78. The van der Waals surface area contributed by atoms with E-state index >= 15 is 0 Å². The Bertz CT molecular complexity index is 103. The number of carbonyl (C=O) groups is 1. The Morgan fingerprint density at radius 1 is 1.75 bits per heavy atom. The fourth-order valence-corrected chi connectivity index (χ4v) is 0.861. The van der Waals surface area contributed by atoms with E-state index in [9.17, 15) is 4.79 Å². The molecule has 0 amide bonds. The molecule has 1 aliphatic heterocycles. The van der Waals surface area contributed by atoms with Gasteiger partial charge in [0.25, 0.3) is 0 Å². The van der Waals surface area contributed by atoms with Crippen LogP contribution >= 0.6 is 11.6 Å². The van der Waals surface area contributed by atoms with Crippen molar-refractivity contribution in [3.05, 3.63) is 0 Å². The number of cyclic esters (lactones) is 1. The maximum atomic E-state index is 10.4. The Morgan fingerprint density at radius 3 is 2.88 bits per heavy atom. The number of rotatable bonds is 0. The van der Waals surface area contributed by atoms with Gasteiger partial charge in [0, 0.05) is 0 Å². The Hall–Kier alpha value is -0.240. The summed E-state index contributed by atoms with van der Waals surface area (Å²) in [7, 11) is 0. The van der Waals surface area contributed by atoms with E-state index in [1.54, 1.807) is 0 Å². The first-order chi connectivity index (χ1) is 3.80. The van der Waals surface area contributed by atoms with Gasteiger partial charge in [-0.25, -0.2) is 0 Å². The van der Waals surface area contributed by atoms with Crippen LogP contribution in [0.4, 0.5) is 0 Å². The van der Waals surface area contributed by atoms with Crippen molar-refractivity contribution in [1.82, 2.24) is 0 Å². The molecular weight excluding hydrogens is 128 g/mol. The molecule has 1 rings (SSSR count). The van der Waals surface area contributed by atoms with Crippen LogP contribution < -0.4 is 0 Å². The molecule has 0 spiro atoms. The van der Waals surface area contributed by atoms with Crippen LogP contribution in [0.1, 0.15) is 12.8 Å². The molecule has 8 heavy (non-hydrogen) atoms. The largest absolute Gasteiger partial charge is 0.465 e. The van der Waals surface area contributed by atoms with Crippen LogP contribution in [0.2, 0.25) is 0 Å². The molecule has 0 saturated carbocycles. The Labute approximate surface area is 52.8 Å². The summed E-state index contributed by atoms with van der Waals surface area (Å²) < 4.78 is 4.62. The summed E-state index contributed by atoms with van der Waals surface area (Å²) in [6.07, 6.45) is 1.67. The fourth-order valence-electron chi connectivity index (χ4n) is 0.644. The van der Waals surface area contributed by atoms with E-state index in [1.807, 2.05) is 0 Å². The van der Waals surface area contributed by atoms with Crippen molar-refractivity contribution in [2.45, 2.75) is 18.2 Å². The summed E-state index contributed by atoms with van der Waals surface area (Å²) in [6.45, 7) is 0.544. The van der Waals surface area contributed by atoms with Crippen LogP contribution in [0.25, 0.3) is 0 Å². The molecule has 0 aromatic heterocycles. The number of carbonyl (C=O) groups excluding carboxylic acids is 1. The van der Waals surface area contributed by atoms with Crippen molar-refractivity contribution in [3.63, 3.8) is 0 Å². The molecule has 0 aromatic rings. The SMILES string of the molecule is O=C1OCCCC1Cl. The van der Waals surface area contributed by atoms with Gasteiger partial charge in [-0.15, -0.1) is 11.6 Å². The van der Waals surface area contributed by atoms with Crippen molar-refractivity contribution in [1.29, 1.82) is 0 Å². The third kappa shape index (κ3) is 1.13. The minimum Gasteiger partial charge on any atom is -0.465 e. The highest BCUT2D eigenvalue weighted by Gasteiger charge is 2.20. The van der Waals surface area contributed by atoms with E-state index in [2.05, 4.69) is 4.74 Å². The normalized spacial score (nSPS) is 29.6. The first kappa shape index (κ1) is 5.89. The number of ether oxygens (including phenoxy) is 1. The van der Waals surface area contributed by atoms with Gasteiger partial charge >= 0.3 is 5.97 Å². The molecule has 1 atom stereocenters. The average Bonchev–Trinajstić information content (AvgIpc) is 1.77. The molecule has 1 saturated heterocycles. The molecule has 46 valence electrons. The lowest BCUT2D eigenvalue weighted by molar-refractivity contribution is -0.146. The van der Waals surface area contributed by atoms with Gasteiger partial charge in [0.2, 0.25) is 0 Å². The molecule has 0 aliphatic carbocycles. The Kier molecular flexibility index (Phi) is 1.73. The minimum atomic E-state index is -0.385. The zero-order valence-corrected chi connectivity index (χ0v) is 5.15. The quantitative estimate of drug-likeness (QED) is 0.364. The molecule has 0 bridgehead atoms. The fraction of sp³-hybridized carbons (Fsp3) is 0.800. The number of halogens is 1. The highest BCUT2D eigenvalue weighted by atomic mass is 35.5. The van der Waals surface area contributed by atoms with Gasteiger partial charge in [-0.2, -0.15) is 0 Å². The van der Waals surface area contributed by atoms with Gasteiger partial charge in [-0.3, -0.25) is 4.79 Å². The summed E-state index contributed by atoms with van der Waals surface area (Å²) >= 11 is 5.49. The van der Waals surface area contributed by atoms with Crippen LogP contribution in [0.5, 0.6) is 0 Å². The maximum absolute atomic E-state index is 10.4. The zero-order chi connectivity index (χ0) is 5.98. The van der Waals surface area contributed by atoms with Crippen LogP contribution in [0.15, 0.2) is 0 Å². The first-order valence-corrected chi connectivity index (χ1v) is 3.05. The third-order valence-corrected chi connectivity index (χ3v) is 1.50. The minimum absolute atomic E-state index is 0.266. The molecule has 0 N–H and O–H groups in total. The lowest BCUT2D eigenvalue weighted by atomic mass is 10.2. The molecule has 1 aliphatic rings. The van der Waals surface area contributed by atoms with Crippen molar-refractivity contribution < 1.29 is 9.53 Å². The van der Waals surface area contributed by atoms with E-state index in [0.717, 1.165) is 12.8 Å². The summed E-state index contributed by atoms with van der Waals surface area (Å²) in [5.74, 6) is -0.266. The predicted octanol–water partition coefficient (Wildman–Crippen LogP) is 0.931. The average molecular weight is 135 g/mol. The molecule has 2 nitrogen and oxygen atoms in total. The summed E-state index contributed by atoms with van der Waals surface area (Å²) in [5.41, 5.74) is 0. The summed E-state index contributed by atoms with van der Waals surface area (Å²) in [6, 6.07) is 0. The summed E-state index contributed by atoms with van der Waals surface area (Å²) in [4.78, 5) is 10.4. The standard InChI is InChI=1S/C5H7ClO2/c6-4-2-1-3-8-5(4)7/h4H,1-3H2. The van der Waals surface area contributed by atoms with E-state index in [1.165, 1.54) is 0 Å². The molecule has 1 unspecified atom stereocenters. The Morgan fingerprint density at radius 2 is 2.50 bits per heavy atom. The number of hydrogen-bond donors (Lipinski definition) is 0. The Balaban J connectivity index is 2.39. The first-order valence-electron chi connectivity index (χ1n) is 2.61. The van der Waals surface area contributed by atoms with Gasteiger partial charge in [-0.05, 0) is 12.8 Å². The van der Waals surface area contributed by atoms with Crippen molar-refractivity contribution >= 4 is 17.6 Å². The number of hydrogen-bond acceptors (Lipinski definition) is 2. The van der Waals surface area contributed by atoms with Gasteiger partial charge in [0.15, 0.2) is 0 Å². The molecule has 1 fully saturated rings. The van der Waals surface area contributed by atoms with Gasteiger partial charge < -0.3 is 4.74 Å². The van der Waals surface area contributed by atoms with Crippen molar-refractivity contribution in [3.8, 4) is 0 Å². The molecule has 1 heterocycles. The monoisotopic (exact) mass is 134 g/mol. The second-order valence-corrected chi connectivity index (χ2v) is 2.30. The lowest BCUT2D eigenvalue weighted by Crippen LogP contribution is -2.23. The highest BCUT2D eigenvalue weighted by molar-refractivity contribution is 6.29. The van der Waals surface area contributed by atoms with Gasteiger partial charge in [0.1, 0.15) is 5.38 Å². The predicted molar refractivity (Wildman–Crippen MR) is 29.8 cm³/mol. The van der Waals surface area contributed by atoms with Crippen molar-refractivity contribution in [2.24, 2.45) is 0 Å². The van der Waals surface area contributed by atoms with E-state index in [4.69, 9.17) is 11.6 Å². The van der Waals surface area contributed by atoms with Crippen LogP contribution in [0, 0.1) is 0 Å². The topological polar surface area (TPSA) is 26.3 Å². The molecule has 0 radical (unpaired) electrons. The van der Waals surface area contributed by atoms with Crippen LogP contribution in [0.3, 0.4) is 0 Å².